The molecule has 4 atom stereocenters. The molecule has 2 aliphatic carbocycles. The summed E-state index contributed by atoms with van der Waals surface area (Å²) in [6.45, 7) is 4.24. The summed E-state index contributed by atoms with van der Waals surface area (Å²) >= 11 is 1.48. The Morgan fingerprint density at radius 2 is 2.13 bits per heavy atom. The number of aromatic hydroxyl groups is 1. The van der Waals surface area contributed by atoms with Gasteiger partial charge >= 0.3 is 0 Å². The number of fused-ring (bicyclic) bond motifs is 3. The molecule has 166 valence electrons. The van der Waals surface area contributed by atoms with E-state index in [1.54, 1.807) is 12.3 Å². The van der Waals surface area contributed by atoms with Gasteiger partial charge in [0.25, 0.3) is 0 Å². The molecule has 1 amide bonds. The maximum absolute atomic E-state index is 12.6. The van der Waals surface area contributed by atoms with Crippen LogP contribution in [-0.4, -0.2) is 21.8 Å². The average Bonchev–Trinajstić information content (AvgIpc) is 3.16. The molecular formula is C25H32N2O3S. The molecule has 0 spiro atoms. The first-order chi connectivity index (χ1) is 14.9. The second-order valence-corrected chi connectivity index (χ2v) is 10.5. The van der Waals surface area contributed by atoms with E-state index in [0.717, 1.165) is 37.0 Å². The highest BCUT2D eigenvalue weighted by molar-refractivity contribution is 7.15. The zero-order chi connectivity index (χ0) is 22.0. The maximum Gasteiger partial charge on any atom is 0.226 e. The predicted octanol–water partition coefficient (Wildman–Crippen LogP) is 5.62. The van der Waals surface area contributed by atoms with Gasteiger partial charge in [-0.3, -0.25) is 9.59 Å². The summed E-state index contributed by atoms with van der Waals surface area (Å²) < 4.78 is 0. The lowest BCUT2D eigenvalue weighted by atomic mass is 9.65. The molecule has 2 aliphatic rings. The lowest BCUT2D eigenvalue weighted by Crippen LogP contribution is -2.31. The molecule has 31 heavy (non-hydrogen) atoms. The van der Waals surface area contributed by atoms with E-state index < -0.39 is 0 Å². The van der Waals surface area contributed by atoms with E-state index in [1.807, 2.05) is 13.0 Å². The number of nitrogens with zero attached hydrogens (tertiary/aromatic N) is 1. The number of aromatic nitrogens is 1. The maximum atomic E-state index is 12.6. The Hall–Kier alpha value is -2.21. The molecule has 4 unspecified atom stereocenters. The number of Topliss-reactive ketones (excluding diaryl/α,β-unsaturated/α-hetero) is 1. The summed E-state index contributed by atoms with van der Waals surface area (Å²) in [5.74, 6) is 2.06. The molecule has 1 saturated carbocycles. The van der Waals surface area contributed by atoms with Crippen LogP contribution in [-0.2, 0) is 16.0 Å². The number of carbonyl (C=O) groups is 2. The number of ketones is 1. The smallest absolute Gasteiger partial charge is 0.226 e. The predicted molar refractivity (Wildman–Crippen MR) is 124 cm³/mol. The fourth-order valence-corrected chi connectivity index (χ4v) is 6.31. The van der Waals surface area contributed by atoms with Crippen LogP contribution in [0.5, 0.6) is 5.75 Å². The van der Waals surface area contributed by atoms with Gasteiger partial charge in [-0.15, -0.1) is 11.3 Å². The van der Waals surface area contributed by atoms with E-state index in [1.165, 1.54) is 22.5 Å². The number of aryl methyl sites for hydroxylation is 2. The van der Waals surface area contributed by atoms with Gasteiger partial charge in [-0.2, -0.15) is 0 Å². The quantitative estimate of drug-likeness (QED) is 0.647. The number of carbonyl (C=O) groups excluding carboxylic acids is 2. The number of thiazole rings is 1. The highest BCUT2D eigenvalue weighted by atomic mass is 32.1. The third-order valence-corrected chi connectivity index (χ3v) is 8.11. The molecular weight excluding hydrogens is 408 g/mol. The average molecular weight is 441 g/mol. The third-order valence-electron chi connectivity index (χ3n) is 7.28. The number of phenolic OH excluding ortho intramolecular Hbond substituents is 1. The first-order valence-corrected chi connectivity index (χ1v) is 12.3. The molecule has 0 saturated heterocycles. The molecule has 1 heterocycles. The van der Waals surface area contributed by atoms with Crippen molar-refractivity contribution in [3.05, 3.63) is 40.4 Å². The topological polar surface area (TPSA) is 79.3 Å². The minimum absolute atomic E-state index is 0.0238. The minimum atomic E-state index is -0.0238. The molecule has 1 aromatic heterocycles. The second-order valence-electron chi connectivity index (χ2n) is 9.31. The number of anilines is 1. The van der Waals surface area contributed by atoms with Gasteiger partial charge < -0.3 is 10.4 Å². The highest BCUT2D eigenvalue weighted by Gasteiger charge is 2.37. The summed E-state index contributed by atoms with van der Waals surface area (Å²) in [6.07, 6.45) is 8.11. The van der Waals surface area contributed by atoms with Crippen molar-refractivity contribution in [2.24, 2.45) is 17.8 Å². The molecule has 1 fully saturated rings. The van der Waals surface area contributed by atoms with Crippen LogP contribution in [0.2, 0.25) is 0 Å². The molecule has 2 aromatic rings. The van der Waals surface area contributed by atoms with Crippen LogP contribution in [0.25, 0.3) is 0 Å². The molecule has 0 bridgehead atoms. The number of rotatable bonds is 4. The molecule has 0 radical (unpaired) electrons. The standard InChI is InChI=1S/C25H32N2O3S/c1-15-14-26-25(31-15)27-24(30)11-8-18-12-19(28)4-3-5-22-21(16(18)2)10-7-17-6-9-20(29)13-23(17)22/h6,9,13-14,16,18,21-22,29H,3-5,7-8,10-12H2,1-2H3,(H,26,27,30). The Balaban J connectivity index is 1.48. The Labute approximate surface area is 188 Å². The summed E-state index contributed by atoms with van der Waals surface area (Å²) in [5.41, 5.74) is 2.61. The van der Waals surface area contributed by atoms with Crippen molar-refractivity contribution in [3.8, 4) is 5.75 Å². The van der Waals surface area contributed by atoms with E-state index in [2.05, 4.69) is 23.3 Å². The third kappa shape index (κ3) is 5.17. The number of amides is 1. The molecule has 2 N–H and O–H groups in total. The van der Waals surface area contributed by atoms with Crippen LogP contribution >= 0.6 is 11.3 Å². The van der Waals surface area contributed by atoms with Gasteiger partial charge in [-0.25, -0.2) is 4.98 Å². The van der Waals surface area contributed by atoms with Gasteiger partial charge in [0, 0.05) is 30.3 Å². The summed E-state index contributed by atoms with van der Waals surface area (Å²) in [4.78, 5) is 30.4. The Morgan fingerprint density at radius 1 is 1.29 bits per heavy atom. The van der Waals surface area contributed by atoms with Crippen molar-refractivity contribution < 1.29 is 14.7 Å². The van der Waals surface area contributed by atoms with Crippen LogP contribution in [0, 0.1) is 24.7 Å². The van der Waals surface area contributed by atoms with Crippen LogP contribution < -0.4 is 5.32 Å². The Kier molecular flexibility index (Phi) is 6.75. The first kappa shape index (κ1) is 22.0. The fraction of sp³-hybridized carbons (Fsp3) is 0.560. The zero-order valence-corrected chi connectivity index (χ0v) is 19.2. The van der Waals surface area contributed by atoms with Crippen LogP contribution in [0.4, 0.5) is 5.13 Å². The van der Waals surface area contributed by atoms with Gasteiger partial charge in [0.05, 0.1) is 0 Å². The number of benzene rings is 1. The van der Waals surface area contributed by atoms with E-state index in [-0.39, 0.29) is 11.8 Å². The Bertz CT molecular complexity index is 954. The van der Waals surface area contributed by atoms with Crippen molar-refractivity contribution in [2.75, 3.05) is 5.32 Å². The van der Waals surface area contributed by atoms with Crippen LogP contribution in [0.1, 0.15) is 73.8 Å². The lowest BCUT2D eigenvalue weighted by molar-refractivity contribution is -0.121. The molecule has 6 heteroatoms. The number of nitrogens with one attached hydrogen (secondary N) is 1. The molecule has 1 aromatic carbocycles. The van der Waals surface area contributed by atoms with E-state index in [4.69, 9.17) is 0 Å². The number of hydrogen-bond donors (Lipinski definition) is 2. The van der Waals surface area contributed by atoms with Gasteiger partial charge in [-0.1, -0.05) is 13.0 Å². The van der Waals surface area contributed by atoms with Crippen molar-refractivity contribution in [1.29, 1.82) is 0 Å². The van der Waals surface area contributed by atoms with E-state index in [9.17, 15) is 14.7 Å². The number of hydrogen-bond acceptors (Lipinski definition) is 5. The van der Waals surface area contributed by atoms with Crippen LogP contribution in [0.3, 0.4) is 0 Å². The fourth-order valence-electron chi connectivity index (χ4n) is 5.63. The first-order valence-electron chi connectivity index (χ1n) is 11.5. The zero-order valence-electron chi connectivity index (χ0n) is 18.4. The van der Waals surface area contributed by atoms with Gasteiger partial charge in [-0.05, 0) is 86.0 Å². The largest absolute Gasteiger partial charge is 0.508 e. The molecule has 0 aliphatic heterocycles. The van der Waals surface area contributed by atoms with Crippen molar-refractivity contribution in [1.82, 2.24) is 4.98 Å². The van der Waals surface area contributed by atoms with Crippen molar-refractivity contribution in [2.45, 2.75) is 71.1 Å². The minimum Gasteiger partial charge on any atom is -0.508 e. The van der Waals surface area contributed by atoms with Crippen LogP contribution in [0.15, 0.2) is 24.4 Å². The lowest BCUT2D eigenvalue weighted by Gasteiger charge is -2.40. The van der Waals surface area contributed by atoms with Gasteiger partial charge in [0.2, 0.25) is 5.91 Å². The Morgan fingerprint density at radius 3 is 2.90 bits per heavy atom. The molecule has 5 nitrogen and oxygen atoms in total. The van der Waals surface area contributed by atoms with Crippen molar-refractivity contribution in [3.63, 3.8) is 0 Å². The monoisotopic (exact) mass is 440 g/mol. The van der Waals surface area contributed by atoms with Gasteiger partial charge in [0.1, 0.15) is 11.5 Å². The SMILES string of the molecule is Cc1cnc(NC(=O)CCC2CC(=O)CCCC3c4cc(O)ccc4CCC3C2C)s1. The second kappa shape index (κ2) is 9.51. The summed E-state index contributed by atoms with van der Waals surface area (Å²) in [5, 5.41) is 13.6. The normalized spacial score (nSPS) is 26.2. The molecule has 4 rings (SSSR count). The van der Waals surface area contributed by atoms with E-state index in [0.29, 0.717) is 53.7 Å². The number of phenols is 1. The summed E-state index contributed by atoms with van der Waals surface area (Å²) in [6, 6.07) is 5.79. The summed E-state index contributed by atoms with van der Waals surface area (Å²) in [7, 11) is 0. The van der Waals surface area contributed by atoms with Crippen molar-refractivity contribution >= 4 is 28.2 Å². The highest BCUT2D eigenvalue weighted by Crippen LogP contribution is 2.47. The van der Waals surface area contributed by atoms with Gasteiger partial charge in [0.15, 0.2) is 5.13 Å². The van der Waals surface area contributed by atoms with E-state index >= 15 is 0 Å².